The van der Waals surface area contributed by atoms with Crippen molar-refractivity contribution in [3.63, 3.8) is 0 Å². The van der Waals surface area contributed by atoms with Crippen LogP contribution in [0.4, 0.5) is 0 Å². The number of benzene rings is 2. The van der Waals surface area contributed by atoms with Crippen LogP contribution < -0.4 is 4.74 Å². The molecular weight excluding hydrogens is 184 g/mol. The minimum absolute atomic E-state index is 0.657. The summed E-state index contributed by atoms with van der Waals surface area (Å²) >= 11 is 0. The minimum atomic E-state index is 0.657. The third-order valence-electron chi connectivity index (χ3n) is 2.49. The Balaban J connectivity index is 2.72. The molecule has 0 amide bonds. The third-order valence-corrected chi connectivity index (χ3v) is 2.49. The normalized spacial score (nSPS) is 9.87. The predicted octanol–water partition coefficient (Wildman–Crippen LogP) is 3.02. The van der Waals surface area contributed by atoms with Gasteiger partial charge >= 0.3 is 0 Å². The molecule has 0 aromatic heterocycles. The number of hydrogen-bond acceptors (Lipinski definition) is 1. The highest BCUT2D eigenvalue weighted by molar-refractivity contribution is 5.91. The number of hydrogen-bond donors (Lipinski definition) is 0. The van der Waals surface area contributed by atoms with Gasteiger partial charge in [-0.05, 0) is 17.0 Å². The van der Waals surface area contributed by atoms with Gasteiger partial charge in [-0.3, -0.25) is 0 Å². The fourth-order valence-corrected chi connectivity index (χ4v) is 1.78. The zero-order chi connectivity index (χ0) is 10.7. The van der Waals surface area contributed by atoms with Gasteiger partial charge in [0.25, 0.3) is 0 Å². The SMILES string of the molecule is C#CCc1ccc(OC)c2ccccc12. The van der Waals surface area contributed by atoms with E-state index in [1.807, 2.05) is 30.3 Å². The maximum absolute atomic E-state index is 5.34. The zero-order valence-electron chi connectivity index (χ0n) is 8.66. The van der Waals surface area contributed by atoms with Gasteiger partial charge in [-0.1, -0.05) is 30.3 Å². The van der Waals surface area contributed by atoms with Gasteiger partial charge in [0.1, 0.15) is 5.75 Å². The second-order valence-corrected chi connectivity index (χ2v) is 3.35. The van der Waals surface area contributed by atoms with E-state index in [0.717, 1.165) is 11.1 Å². The molecule has 0 radical (unpaired) electrons. The van der Waals surface area contributed by atoms with Crippen molar-refractivity contribution in [2.75, 3.05) is 7.11 Å². The van der Waals surface area contributed by atoms with Crippen molar-refractivity contribution in [2.24, 2.45) is 0 Å². The van der Waals surface area contributed by atoms with Crippen molar-refractivity contribution in [2.45, 2.75) is 6.42 Å². The molecule has 15 heavy (non-hydrogen) atoms. The molecule has 0 saturated carbocycles. The highest BCUT2D eigenvalue weighted by Crippen LogP contribution is 2.28. The summed E-state index contributed by atoms with van der Waals surface area (Å²) in [7, 11) is 1.68. The second-order valence-electron chi connectivity index (χ2n) is 3.35. The van der Waals surface area contributed by atoms with Crippen LogP contribution in [-0.4, -0.2) is 7.11 Å². The van der Waals surface area contributed by atoms with Gasteiger partial charge in [-0.2, -0.15) is 0 Å². The van der Waals surface area contributed by atoms with Crippen LogP contribution in [0.15, 0.2) is 36.4 Å². The Bertz CT molecular complexity index is 520. The molecule has 0 unspecified atom stereocenters. The van der Waals surface area contributed by atoms with Crippen molar-refractivity contribution in [1.29, 1.82) is 0 Å². The quantitative estimate of drug-likeness (QED) is 0.671. The molecule has 0 aliphatic rings. The maximum atomic E-state index is 5.34. The second kappa shape index (κ2) is 4.06. The Labute approximate surface area is 89.7 Å². The largest absolute Gasteiger partial charge is 0.496 e. The molecule has 0 aliphatic heterocycles. The summed E-state index contributed by atoms with van der Waals surface area (Å²) in [6, 6.07) is 12.1. The molecule has 0 heterocycles. The van der Waals surface area contributed by atoms with Crippen LogP contribution in [0.25, 0.3) is 10.8 Å². The highest BCUT2D eigenvalue weighted by atomic mass is 16.5. The van der Waals surface area contributed by atoms with E-state index in [2.05, 4.69) is 12.0 Å². The highest BCUT2D eigenvalue weighted by Gasteiger charge is 2.04. The van der Waals surface area contributed by atoms with Crippen LogP contribution >= 0.6 is 0 Å². The molecule has 0 N–H and O–H groups in total. The molecule has 0 fully saturated rings. The van der Waals surface area contributed by atoms with Crippen LogP contribution in [0, 0.1) is 12.3 Å². The van der Waals surface area contributed by atoms with Crippen LogP contribution in [0.2, 0.25) is 0 Å². The molecule has 0 saturated heterocycles. The first-order valence-electron chi connectivity index (χ1n) is 4.85. The van der Waals surface area contributed by atoms with Gasteiger partial charge in [0, 0.05) is 11.8 Å². The predicted molar refractivity (Wildman–Crippen MR) is 63.0 cm³/mol. The van der Waals surface area contributed by atoms with E-state index in [4.69, 9.17) is 11.2 Å². The minimum Gasteiger partial charge on any atom is -0.496 e. The van der Waals surface area contributed by atoms with Gasteiger partial charge in [-0.25, -0.2) is 0 Å². The Morgan fingerprint density at radius 2 is 1.87 bits per heavy atom. The van der Waals surface area contributed by atoms with Crippen LogP contribution in [0.5, 0.6) is 5.75 Å². The molecule has 0 atom stereocenters. The maximum Gasteiger partial charge on any atom is 0.126 e. The first-order valence-corrected chi connectivity index (χ1v) is 4.85. The van der Waals surface area contributed by atoms with Crippen LogP contribution in [0.3, 0.4) is 0 Å². The van der Waals surface area contributed by atoms with E-state index in [-0.39, 0.29) is 0 Å². The van der Waals surface area contributed by atoms with Crippen molar-refractivity contribution >= 4 is 10.8 Å². The summed E-state index contributed by atoms with van der Waals surface area (Å²) in [4.78, 5) is 0. The number of terminal acetylenes is 1. The van der Waals surface area contributed by atoms with Crippen LogP contribution in [0.1, 0.15) is 5.56 Å². The Kier molecular flexibility index (Phi) is 2.60. The van der Waals surface area contributed by atoms with E-state index >= 15 is 0 Å². The third kappa shape index (κ3) is 1.67. The molecule has 2 aromatic rings. The van der Waals surface area contributed by atoms with Crippen molar-refractivity contribution in [1.82, 2.24) is 0 Å². The molecule has 1 nitrogen and oxygen atoms in total. The van der Waals surface area contributed by atoms with Crippen molar-refractivity contribution in [3.8, 4) is 18.1 Å². The molecule has 2 aromatic carbocycles. The van der Waals surface area contributed by atoms with Gasteiger partial charge in [0.05, 0.1) is 7.11 Å². The monoisotopic (exact) mass is 196 g/mol. The van der Waals surface area contributed by atoms with Gasteiger partial charge in [0.2, 0.25) is 0 Å². The molecule has 0 aliphatic carbocycles. The van der Waals surface area contributed by atoms with Crippen molar-refractivity contribution in [3.05, 3.63) is 42.0 Å². The number of fused-ring (bicyclic) bond motifs is 1. The van der Waals surface area contributed by atoms with E-state index in [1.165, 1.54) is 10.9 Å². The topological polar surface area (TPSA) is 9.23 Å². The lowest BCUT2D eigenvalue weighted by Gasteiger charge is -2.08. The van der Waals surface area contributed by atoms with Crippen LogP contribution in [-0.2, 0) is 6.42 Å². The van der Waals surface area contributed by atoms with Gasteiger partial charge in [0.15, 0.2) is 0 Å². The average Bonchev–Trinajstić information content (AvgIpc) is 2.30. The van der Waals surface area contributed by atoms with E-state index in [9.17, 15) is 0 Å². The summed E-state index contributed by atoms with van der Waals surface area (Å²) in [6.45, 7) is 0. The summed E-state index contributed by atoms with van der Waals surface area (Å²) in [5.74, 6) is 3.57. The Morgan fingerprint density at radius 3 is 2.53 bits per heavy atom. The summed E-state index contributed by atoms with van der Waals surface area (Å²) in [5, 5.41) is 2.29. The fraction of sp³-hybridized carbons (Fsp3) is 0.143. The van der Waals surface area contributed by atoms with Gasteiger partial charge < -0.3 is 4.74 Å². The standard InChI is InChI=1S/C14H12O/c1-3-6-11-9-10-14(15-2)13-8-5-4-7-12(11)13/h1,4-5,7-10H,6H2,2H3. The fourth-order valence-electron chi connectivity index (χ4n) is 1.78. The Hall–Kier alpha value is -1.94. The molecule has 1 heteroatoms. The molecule has 74 valence electrons. The van der Waals surface area contributed by atoms with E-state index in [1.54, 1.807) is 7.11 Å². The summed E-state index contributed by atoms with van der Waals surface area (Å²) in [6.07, 6.45) is 6.00. The molecule has 0 spiro atoms. The van der Waals surface area contributed by atoms with E-state index < -0.39 is 0 Å². The summed E-state index contributed by atoms with van der Waals surface area (Å²) in [5.41, 5.74) is 1.17. The van der Waals surface area contributed by atoms with E-state index in [0.29, 0.717) is 6.42 Å². The van der Waals surface area contributed by atoms with Gasteiger partial charge in [-0.15, -0.1) is 12.3 Å². The number of rotatable bonds is 2. The summed E-state index contributed by atoms with van der Waals surface area (Å²) < 4.78 is 5.31. The smallest absolute Gasteiger partial charge is 0.126 e. The van der Waals surface area contributed by atoms with Crippen molar-refractivity contribution < 1.29 is 4.74 Å². The molecular formula is C14H12O. The lowest BCUT2D eigenvalue weighted by atomic mass is 10.0. The lowest BCUT2D eigenvalue weighted by Crippen LogP contribution is -1.89. The molecule has 0 bridgehead atoms. The lowest BCUT2D eigenvalue weighted by molar-refractivity contribution is 0.420. The molecule has 2 rings (SSSR count). The Morgan fingerprint density at radius 1 is 1.13 bits per heavy atom. The average molecular weight is 196 g/mol. The number of ether oxygens (including phenoxy) is 1. The number of methoxy groups -OCH3 is 1. The first-order chi connectivity index (χ1) is 7.36. The zero-order valence-corrected chi connectivity index (χ0v) is 8.66. The first kappa shape index (κ1) is 9.61.